The highest BCUT2D eigenvalue weighted by atomic mass is 16.5. The van der Waals surface area contributed by atoms with Crippen molar-refractivity contribution >= 4 is 17.4 Å². The number of methoxy groups -OCH3 is 1. The van der Waals surface area contributed by atoms with E-state index in [0.29, 0.717) is 6.42 Å². The number of hydrogen-bond donors (Lipinski definition) is 1. The van der Waals surface area contributed by atoms with Crippen molar-refractivity contribution in [2.24, 2.45) is 0 Å². The van der Waals surface area contributed by atoms with E-state index >= 15 is 0 Å². The first-order valence-electron chi connectivity index (χ1n) is 8.80. The molecular weight excluding hydrogens is 330 g/mol. The van der Waals surface area contributed by atoms with Crippen molar-refractivity contribution in [3.05, 3.63) is 47.2 Å². The maximum Gasteiger partial charge on any atom is 0.228 e. The smallest absolute Gasteiger partial charge is 0.228 e. The number of nitrogens with zero attached hydrogens (tertiary/aromatic N) is 2. The first-order chi connectivity index (χ1) is 12.6. The Bertz CT molecular complexity index is 745. The van der Waals surface area contributed by atoms with E-state index in [1.54, 1.807) is 7.11 Å². The maximum absolute atomic E-state index is 12.4. The Labute approximate surface area is 154 Å². The predicted molar refractivity (Wildman–Crippen MR) is 102 cm³/mol. The number of pyridine rings is 1. The van der Waals surface area contributed by atoms with E-state index in [-0.39, 0.29) is 5.91 Å². The van der Waals surface area contributed by atoms with Crippen LogP contribution in [-0.4, -0.2) is 44.3 Å². The van der Waals surface area contributed by atoms with E-state index in [9.17, 15) is 4.79 Å². The summed E-state index contributed by atoms with van der Waals surface area (Å²) in [4.78, 5) is 19.3. The number of morpholine rings is 1. The van der Waals surface area contributed by atoms with Crippen LogP contribution in [0.15, 0.2) is 30.3 Å². The highest BCUT2D eigenvalue weighted by Gasteiger charge is 2.16. The number of carbonyl (C=O) groups excluding carboxylic acids is 1. The molecule has 0 bridgehead atoms. The van der Waals surface area contributed by atoms with Gasteiger partial charge in [-0.15, -0.1) is 0 Å². The zero-order valence-corrected chi connectivity index (χ0v) is 15.5. The molecule has 0 unspecified atom stereocenters. The van der Waals surface area contributed by atoms with Gasteiger partial charge < -0.3 is 19.7 Å². The van der Waals surface area contributed by atoms with Gasteiger partial charge in [0.2, 0.25) is 5.91 Å². The molecule has 3 rings (SSSR count). The van der Waals surface area contributed by atoms with Crippen molar-refractivity contribution in [2.45, 2.75) is 20.3 Å². The minimum atomic E-state index is -0.0534. The summed E-state index contributed by atoms with van der Waals surface area (Å²) in [5, 5.41) is 3.01. The van der Waals surface area contributed by atoms with Crippen LogP contribution in [0.5, 0.6) is 5.75 Å². The third kappa shape index (κ3) is 4.32. The zero-order chi connectivity index (χ0) is 18.5. The SMILES string of the molecule is COc1ccc(CC(=O)Nc2c(C)cc(N3CCOCC3)nc2C)cc1. The largest absolute Gasteiger partial charge is 0.497 e. The third-order valence-corrected chi connectivity index (χ3v) is 4.51. The minimum absolute atomic E-state index is 0.0534. The van der Waals surface area contributed by atoms with E-state index in [0.717, 1.165) is 60.4 Å². The number of aromatic nitrogens is 1. The first-order valence-corrected chi connectivity index (χ1v) is 8.80. The van der Waals surface area contributed by atoms with Crippen LogP contribution < -0.4 is 15.0 Å². The summed E-state index contributed by atoms with van der Waals surface area (Å²) in [7, 11) is 1.63. The Morgan fingerprint density at radius 2 is 1.92 bits per heavy atom. The minimum Gasteiger partial charge on any atom is -0.497 e. The summed E-state index contributed by atoms with van der Waals surface area (Å²) < 4.78 is 10.5. The number of benzene rings is 1. The summed E-state index contributed by atoms with van der Waals surface area (Å²) in [5.41, 5.74) is 3.58. The van der Waals surface area contributed by atoms with Crippen LogP contribution in [0.4, 0.5) is 11.5 Å². The number of hydrogen-bond acceptors (Lipinski definition) is 5. The average Bonchev–Trinajstić information content (AvgIpc) is 2.66. The van der Waals surface area contributed by atoms with Crippen LogP contribution >= 0.6 is 0 Å². The van der Waals surface area contributed by atoms with Gasteiger partial charge in [0.15, 0.2) is 0 Å². The fourth-order valence-corrected chi connectivity index (χ4v) is 3.07. The van der Waals surface area contributed by atoms with Gasteiger partial charge in [-0.05, 0) is 43.2 Å². The molecule has 1 N–H and O–H groups in total. The molecule has 1 aromatic heterocycles. The van der Waals surface area contributed by atoms with Gasteiger partial charge >= 0.3 is 0 Å². The molecule has 138 valence electrons. The Morgan fingerprint density at radius 1 is 1.23 bits per heavy atom. The number of rotatable bonds is 5. The average molecular weight is 355 g/mol. The Balaban J connectivity index is 1.69. The molecule has 0 radical (unpaired) electrons. The molecule has 0 atom stereocenters. The number of nitrogens with one attached hydrogen (secondary N) is 1. The number of amides is 1. The van der Waals surface area contributed by atoms with E-state index in [1.807, 2.05) is 44.2 Å². The molecule has 6 nitrogen and oxygen atoms in total. The lowest BCUT2D eigenvalue weighted by atomic mass is 10.1. The molecule has 2 heterocycles. The second kappa shape index (κ2) is 8.19. The molecule has 1 amide bonds. The summed E-state index contributed by atoms with van der Waals surface area (Å²) in [6.45, 7) is 7.06. The van der Waals surface area contributed by atoms with Gasteiger partial charge in [-0.1, -0.05) is 12.1 Å². The fraction of sp³-hybridized carbons (Fsp3) is 0.400. The van der Waals surface area contributed by atoms with Gasteiger partial charge in [0.25, 0.3) is 0 Å². The number of anilines is 2. The molecule has 1 fully saturated rings. The Kier molecular flexibility index (Phi) is 5.73. The van der Waals surface area contributed by atoms with Crippen molar-refractivity contribution in [2.75, 3.05) is 43.6 Å². The van der Waals surface area contributed by atoms with Crippen molar-refractivity contribution in [3.8, 4) is 5.75 Å². The van der Waals surface area contributed by atoms with Crippen molar-refractivity contribution in [3.63, 3.8) is 0 Å². The second-order valence-electron chi connectivity index (χ2n) is 6.43. The van der Waals surface area contributed by atoms with Gasteiger partial charge in [-0.3, -0.25) is 4.79 Å². The highest BCUT2D eigenvalue weighted by Crippen LogP contribution is 2.24. The van der Waals surface area contributed by atoms with Gasteiger partial charge in [0.1, 0.15) is 11.6 Å². The first kappa shape index (κ1) is 18.2. The standard InChI is InChI=1S/C20H25N3O3/c1-14-12-18(23-8-10-26-11-9-23)21-15(2)20(14)22-19(24)13-16-4-6-17(25-3)7-5-16/h4-7,12H,8-11,13H2,1-3H3,(H,22,24). The van der Waals surface area contributed by atoms with Crippen LogP contribution in [0.25, 0.3) is 0 Å². The molecule has 0 spiro atoms. The number of carbonyl (C=O) groups is 1. The topological polar surface area (TPSA) is 63.7 Å². The molecule has 26 heavy (non-hydrogen) atoms. The second-order valence-corrected chi connectivity index (χ2v) is 6.43. The van der Waals surface area contributed by atoms with Gasteiger partial charge in [0.05, 0.1) is 38.1 Å². The monoisotopic (exact) mass is 355 g/mol. The molecule has 0 saturated carbocycles. The molecule has 6 heteroatoms. The van der Waals surface area contributed by atoms with Crippen LogP contribution in [0.2, 0.25) is 0 Å². The van der Waals surface area contributed by atoms with E-state index in [2.05, 4.69) is 15.2 Å². The molecule has 0 aliphatic carbocycles. The van der Waals surface area contributed by atoms with Crippen LogP contribution in [0.1, 0.15) is 16.8 Å². The number of aryl methyl sites for hydroxylation is 2. The normalized spacial score (nSPS) is 14.2. The van der Waals surface area contributed by atoms with Crippen LogP contribution in [0, 0.1) is 13.8 Å². The maximum atomic E-state index is 12.4. The lowest BCUT2D eigenvalue weighted by Crippen LogP contribution is -2.37. The Hall–Kier alpha value is -2.60. The summed E-state index contributed by atoms with van der Waals surface area (Å²) in [6.07, 6.45) is 0.314. The molecule has 1 aliphatic rings. The van der Waals surface area contributed by atoms with Gasteiger partial charge in [-0.2, -0.15) is 0 Å². The number of ether oxygens (including phenoxy) is 2. The zero-order valence-electron chi connectivity index (χ0n) is 15.5. The predicted octanol–water partition coefficient (Wildman–Crippen LogP) is 2.72. The third-order valence-electron chi connectivity index (χ3n) is 4.51. The van der Waals surface area contributed by atoms with Crippen molar-refractivity contribution in [1.82, 2.24) is 4.98 Å². The van der Waals surface area contributed by atoms with Gasteiger partial charge in [-0.25, -0.2) is 4.98 Å². The highest BCUT2D eigenvalue weighted by molar-refractivity contribution is 5.93. The van der Waals surface area contributed by atoms with Crippen molar-refractivity contribution < 1.29 is 14.3 Å². The summed E-state index contributed by atoms with van der Waals surface area (Å²) >= 11 is 0. The van der Waals surface area contributed by atoms with Crippen LogP contribution in [0.3, 0.4) is 0 Å². The summed E-state index contributed by atoms with van der Waals surface area (Å²) in [6, 6.07) is 9.55. The summed E-state index contributed by atoms with van der Waals surface area (Å²) in [5.74, 6) is 1.67. The van der Waals surface area contributed by atoms with E-state index in [4.69, 9.17) is 9.47 Å². The molecular formula is C20H25N3O3. The quantitative estimate of drug-likeness (QED) is 0.893. The van der Waals surface area contributed by atoms with E-state index < -0.39 is 0 Å². The van der Waals surface area contributed by atoms with E-state index in [1.165, 1.54) is 0 Å². The molecule has 1 aliphatic heterocycles. The lowest BCUT2D eigenvalue weighted by molar-refractivity contribution is -0.115. The Morgan fingerprint density at radius 3 is 2.54 bits per heavy atom. The molecule has 2 aromatic rings. The van der Waals surface area contributed by atoms with Crippen LogP contribution in [-0.2, 0) is 16.0 Å². The molecule has 1 aromatic carbocycles. The fourth-order valence-electron chi connectivity index (χ4n) is 3.07. The van der Waals surface area contributed by atoms with Gasteiger partial charge in [0, 0.05) is 13.1 Å². The lowest BCUT2D eigenvalue weighted by Gasteiger charge is -2.28. The molecule has 1 saturated heterocycles. The van der Waals surface area contributed by atoms with Crippen molar-refractivity contribution in [1.29, 1.82) is 0 Å².